The summed E-state index contributed by atoms with van der Waals surface area (Å²) in [5, 5.41) is 3.38. The quantitative estimate of drug-likeness (QED) is 0.216. The Kier molecular flexibility index (Phi) is 8.68. The molecule has 9 nitrogen and oxygen atoms in total. The molecule has 2 fully saturated rings. The fourth-order valence-electron chi connectivity index (χ4n) is 6.67. The molecule has 0 unspecified atom stereocenters. The Labute approximate surface area is 258 Å². The summed E-state index contributed by atoms with van der Waals surface area (Å²) >= 11 is 0. The van der Waals surface area contributed by atoms with Crippen LogP contribution < -0.4 is 16.0 Å². The van der Waals surface area contributed by atoms with Gasteiger partial charge in [0.2, 0.25) is 0 Å². The Hall–Kier alpha value is -4.21. The van der Waals surface area contributed by atoms with E-state index < -0.39 is 5.97 Å². The van der Waals surface area contributed by atoms with Crippen molar-refractivity contribution in [3.05, 3.63) is 82.4 Å². The highest BCUT2D eigenvalue weighted by Crippen LogP contribution is 2.42. The molecule has 0 amide bonds. The number of hydrogen-bond acceptors (Lipinski definition) is 9. The van der Waals surface area contributed by atoms with Crippen LogP contribution in [0, 0.1) is 0 Å². The van der Waals surface area contributed by atoms with E-state index in [4.69, 9.17) is 10.5 Å². The number of nitrogens with zero attached hydrogens (tertiary/aromatic N) is 3. The van der Waals surface area contributed by atoms with E-state index >= 15 is 0 Å². The summed E-state index contributed by atoms with van der Waals surface area (Å²) < 4.78 is 5.37. The Morgan fingerprint density at radius 1 is 0.909 bits per heavy atom. The molecule has 0 bridgehead atoms. The van der Waals surface area contributed by atoms with Crippen molar-refractivity contribution >= 4 is 40.3 Å². The lowest BCUT2D eigenvalue weighted by Gasteiger charge is -2.41. The first-order valence-corrected chi connectivity index (χ1v) is 15.6. The summed E-state index contributed by atoms with van der Waals surface area (Å²) in [5.74, 6) is -0.867. The van der Waals surface area contributed by atoms with E-state index in [1.807, 2.05) is 25.1 Å². The predicted molar refractivity (Wildman–Crippen MR) is 173 cm³/mol. The van der Waals surface area contributed by atoms with Gasteiger partial charge in [0.25, 0.3) is 0 Å². The smallest absolute Gasteiger partial charge is 0.338 e. The number of rotatable bonds is 8. The van der Waals surface area contributed by atoms with E-state index in [1.54, 1.807) is 48.5 Å². The molecule has 3 N–H and O–H groups in total. The zero-order valence-corrected chi connectivity index (χ0v) is 25.6. The van der Waals surface area contributed by atoms with E-state index in [0.29, 0.717) is 52.9 Å². The molecule has 0 atom stereocenters. The lowest BCUT2D eigenvalue weighted by atomic mass is 9.81. The molecule has 3 aromatic rings. The largest absolute Gasteiger partial charge is 0.461 e. The minimum Gasteiger partial charge on any atom is -0.461 e. The normalized spacial score (nSPS) is 17.4. The average molecular weight is 596 g/mol. The molecule has 9 heteroatoms. The third kappa shape index (κ3) is 5.94. The maximum absolute atomic E-state index is 13.9. The van der Waals surface area contributed by atoms with Gasteiger partial charge in [0, 0.05) is 42.5 Å². The number of anilines is 4. The number of nitrogens with two attached hydrogens (primary N) is 1. The molecule has 0 radical (unpaired) electrons. The van der Waals surface area contributed by atoms with Crippen molar-refractivity contribution in [2.75, 3.05) is 69.4 Å². The van der Waals surface area contributed by atoms with Crippen LogP contribution in [-0.2, 0) is 4.74 Å². The average Bonchev–Trinajstić information content (AvgIpc) is 3.05. The second kappa shape index (κ2) is 12.8. The van der Waals surface area contributed by atoms with Gasteiger partial charge in [0.1, 0.15) is 6.61 Å². The number of ketones is 2. The van der Waals surface area contributed by atoms with Crippen LogP contribution in [0.3, 0.4) is 0 Å². The molecule has 0 aromatic heterocycles. The Morgan fingerprint density at radius 3 is 2.18 bits per heavy atom. The van der Waals surface area contributed by atoms with Crippen LogP contribution in [0.25, 0.3) is 0 Å². The maximum atomic E-state index is 13.9. The summed E-state index contributed by atoms with van der Waals surface area (Å²) in [6.07, 6.45) is 5.91. The fourth-order valence-corrected chi connectivity index (χ4v) is 6.67. The monoisotopic (exact) mass is 595 g/mol. The summed E-state index contributed by atoms with van der Waals surface area (Å²) in [7, 11) is 3.84. The van der Waals surface area contributed by atoms with Crippen LogP contribution in [0.5, 0.6) is 0 Å². The summed E-state index contributed by atoms with van der Waals surface area (Å²) in [5.41, 5.74) is 10.8. The second-order valence-corrected chi connectivity index (χ2v) is 12.3. The molecular weight excluding hydrogens is 554 g/mol. The van der Waals surface area contributed by atoms with Crippen LogP contribution >= 0.6 is 0 Å². The van der Waals surface area contributed by atoms with Crippen molar-refractivity contribution in [1.29, 1.82) is 0 Å². The highest BCUT2D eigenvalue weighted by molar-refractivity contribution is 6.32. The topological polar surface area (TPSA) is 108 Å². The van der Waals surface area contributed by atoms with Crippen molar-refractivity contribution in [2.24, 2.45) is 0 Å². The highest BCUT2D eigenvalue weighted by Gasteiger charge is 2.36. The van der Waals surface area contributed by atoms with Crippen molar-refractivity contribution in [2.45, 2.75) is 38.1 Å². The van der Waals surface area contributed by atoms with Crippen LogP contribution in [0.2, 0.25) is 0 Å². The molecule has 3 aromatic carbocycles. The van der Waals surface area contributed by atoms with E-state index in [1.165, 1.54) is 32.4 Å². The molecule has 1 aliphatic carbocycles. The van der Waals surface area contributed by atoms with Gasteiger partial charge in [-0.3, -0.25) is 9.59 Å². The molecule has 3 aliphatic rings. The zero-order valence-electron chi connectivity index (χ0n) is 25.6. The molecule has 2 aliphatic heterocycles. The van der Waals surface area contributed by atoms with Gasteiger partial charge >= 0.3 is 5.97 Å². The van der Waals surface area contributed by atoms with Crippen molar-refractivity contribution in [3.8, 4) is 0 Å². The first-order valence-electron chi connectivity index (χ1n) is 15.6. The van der Waals surface area contributed by atoms with Crippen molar-refractivity contribution in [3.63, 3.8) is 0 Å². The number of nitrogen functional groups attached to an aromatic ring is 1. The lowest BCUT2D eigenvalue weighted by molar-refractivity contribution is 0.0481. The van der Waals surface area contributed by atoms with E-state index in [9.17, 15) is 14.4 Å². The first-order chi connectivity index (χ1) is 21.3. The van der Waals surface area contributed by atoms with Gasteiger partial charge in [-0.25, -0.2) is 4.79 Å². The molecule has 44 heavy (non-hydrogen) atoms. The molecule has 6 rings (SSSR count). The van der Waals surface area contributed by atoms with E-state index in [0.717, 1.165) is 31.6 Å². The minimum absolute atomic E-state index is 0.235. The number of likely N-dealkylation sites (N-methyl/N-ethyl adjacent to an activating group) is 1. The predicted octanol–water partition coefficient (Wildman–Crippen LogP) is 4.96. The number of carbonyl (C=O) groups is 3. The zero-order chi connectivity index (χ0) is 30.8. The molecule has 2 heterocycles. The lowest BCUT2D eigenvalue weighted by Crippen LogP contribution is -2.47. The number of carbonyl (C=O) groups excluding carboxylic acids is 3. The molecule has 0 saturated carbocycles. The van der Waals surface area contributed by atoms with Crippen LogP contribution in [0.1, 0.15) is 74.3 Å². The third-order valence-electron chi connectivity index (χ3n) is 9.10. The van der Waals surface area contributed by atoms with E-state index in [2.05, 4.69) is 15.1 Å². The van der Waals surface area contributed by atoms with Crippen LogP contribution in [0.4, 0.5) is 22.7 Å². The van der Waals surface area contributed by atoms with Crippen LogP contribution in [-0.4, -0.2) is 86.8 Å². The Bertz CT molecular complexity index is 1550. The number of nitrogens with one attached hydrogen (secondary N) is 1. The van der Waals surface area contributed by atoms with Gasteiger partial charge in [-0.1, -0.05) is 30.7 Å². The maximum Gasteiger partial charge on any atom is 0.338 e. The van der Waals surface area contributed by atoms with Crippen molar-refractivity contribution < 1.29 is 19.1 Å². The summed E-state index contributed by atoms with van der Waals surface area (Å²) in [6.45, 7) is 4.94. The Morgan fingerprint density at radius 2 is 1.55 bits per heavy atom. The highest BCUT2D eigenvalue weighted by atomic mass is 16.5. The van der Waals surface area contributed by atoms with Gasteiger partial charge in [-0.15, -0.1) is 0 Å². The van der Waals surface area contributed by atoms with Crippen LogP contribution in [0.15, 0.2) is 54.6 Å². The summed E-state index contributed by atoms with van der Waals surface area (Å²) in [4.78, 5) is 47.1. The minimum atomic E-state index is -0.393. The number of piperidine rings is 2. The second-order valence-electron chi connectivity index (χ2n) is 12.3. The first kappa shape index (κ1) is 29.8. The van der Waals surface area contributed by atoms with Gasteiger partial charge < -0.3 is 30.5 Å². The number of esters is 1. The Balaban J connectivity index is 1.30. The standard InChI is InChI=1S/C35H41N5O4/c1-38(2)20-21-44-35(43)23-10-12-24(13-11-23)37-28-22-29(40-18-14-25(15-19-40)39-16-6-3-7-17-39)32(36)31-30(28)33(41)26-8-4-5-9-27(26)34(31)42/h4-5,8-13,22,25,37H,3,6-7,14-21,36H2,1-2H3. The number of ether oxygens (including phenoxy) is 1. The number of fused-ring (bicyclic) bond motifs is 2. The van der Waals surface area contributed by atoms with E-state index in [-0.39, 0.29) is 22.7 Å². The van der Waals surface area contributed by atoms with Crippen molar-refractivity contribution in [1.82, 2.24) is 9.80 Å². The van der Waals surface area contributed by atoms with Gasteiger partial charge in [-0.05, 0) is 83.2 Å². The number of benzene rings is 3. The third-order valence-corrected chi connectivity index (χ3v) is 9.10. The molecule has 0 spiro atoms. The SMILES string of the molecule is CN(C)CCOC(=O)c1ccc(Nc2cc(N3CCC(N4CCCCC4)CC3)c(N)c3c2C(=O)c2ccccc2C3=O)cc1. The fraction of sp³-hybridized carbons (Fsp3) is 0.400. The number of likely N-dealkylation sites (tertiary alicyclic amines) is 1. The summed E-state index contributed by atoms with van der Waals surface area (Å²) in [6, 6.07) is 16.3. The molecule has 230 valence electrons. The molecule has 2 saturated heterocycles. The molecular formula is C35H41N5O4. The van der Waals surface area contributed by atoms with Gasteiger partial charge in [0.15, 0.2) is 11.6 Å². The van der Waals surface area contributed by atoms with Gasteiger partial charge in [0.05, 0.1) is 33.8 Å². The van der Waals surface area contributed by atoms with Gasteiger partial charge in [-0.2, -0.15) is 0 Å². The number of hydrogen-bond donors (Lipinski definition) is 2.